The van der Waals surface area contributed by atoms with Crippen molar-refractivity contribution in [3.63, 3.8) is 0 Å². The first-order valence-electron chi connectivity index (χ1n) is 9.91. The van der Waals surface area contributed by atoms with E-state index in [2.05, 4.69) is 5.32 Å². The van der Waals surface area contributed by atoms with E-state index in [4.69, 9.17) is 9.47 Å². The van der Waals surface area contributed by atoms with Gasteiger partial charge in [-0.15, -0.1) is 11.3 Å². The van der Waals surface area contributed by atoms with Crippen LogP contribution in [0, 0.1) is 6.92 Å². The Labute approximate surface area is 180 Å². The molecule has 0 aliphatic carbocycles. The van der Waals surface area contributed by atoms with E-state index in [1.54, 1.807) is 24.3 Å². The number of thiophene rings is 1. The van der Waals surface area contributed by atoms with E-state index in [9.17, 15) is 9.59 Å². The molecule has 156 valence electrons. The Morgan fingerprint density at radius 3 is 2.40 bits per heavy atom. The largest absolute Gasteiger partial charge is 0.492 e. The zero-order valence-corrected chi connectivity index (χ0v) is 18.1. The van der Waals surface area contributed by atoms with Gasteiger partial charge in [0.2, 0.25) is 6.10 Å². The molecule has 0 aliphatic rings. The first kappa shape index (κ1) is 21.6. The minimum atomic E-state index is -1.08. The van der Waals surface area contributed by atoms with Gasteiger partial charge in [-0.3, -0.25) is 4.79 Å². The lowest BCUT2D eigenvalue weighted by Crippen LogP contribution is -2.26. The summed E-state index contributed by atoms with van der Waals surface area (Å²) < 4.78 is 11.3. The van der Waals surface area contributed by atoms with Crippen LogP contribution in [0.3, 0.4) is 0 Å². The Hall–Kier alpha value is -3.12. The van der Waals surface area contributed by atoms with Crippen molar-refractivity contribution in [2.45, 2.75) is 33.3 Å². The number of benzene rings is 2. The molecule has 0 saturated carbocycles. The number of para-hydroxylation sites is 2. The van der Waals surface area contributed by atoms with E-state index in [1.807, 2.05) is 57.2 Å². The van der Waals surface area contributed by atoms with Gasteiger partial charge in [-0.05, 0) is 44.0 Å². The van der Waals surface area contributed by atoms with Crippen molar-refractivity contribution in [2.75, 3.05) is 11.9 Å². The predicted molar refractivity (Wildman–Crippen MR) is 119 cm³/mol. The second-order valence-corrected chi connectivity index (χ2v) is 7.82. The quantitative estimate of drug-likeness (QED) is 0.482. The van der Waals surface area contributed by atoms with Gasteiger partial charge in [0.25, 0.3) is 5.91 Å². The lowest BCUT2D eigenvalue weighted by molar-refractivity contribution is -0.125. The van der Waals surface area contributed by atoms with Gasteiger partial charge in [0, 0.05) is 10.4 Å². The first-order chi connectivity index (χ1) is 14.5. The zero-order chi connectivity index (χ0) is 21.5. The van der Waals surface area contributed by atoms with E-state index >= 15 is 0 Å². The molecule has 3 aromatic rings. The van der Waals surface area contributed by atoms with E-state index in [0.717, 1.165) is 16.9 Å². The molecule has 5 nitrogen and oxygen atoms in total. The molecule has 1 heterocycles. The second-order valence-electron chi connectivity index (χ2n) is 6.68. The number of hydrogen-bond donors (Lipinski definition) is 1. The van der Waals surface area contributed by atoms with E-state index in [-0.39, 0.29) is 0 Å². The fourth-order valence-electron chi connectivity index (χ4n) is 3.09. The van der Waals surface area contributed by atoms with Gasteiger partial charge in [0.1, 0.15) is 10.6 Å². The third-order valence-electron chi connectivity index (χ3n) is 4.55. The molecule has 1 atom stereocenters. The number of carbonyl (C=O) groups excluding carboxylic acids is 2. The highest BCUT2D eigenvalue weighted by atomic mass is 32.1. The lowest BCUT2D eigenvalue weighted by atomic mass is 10.1. The van der Waals surface area contributed by atoms with Crippen molar-refractivity contribution in [3.05, 3.63) is 81.5 Å². The van der Waals surface area contributed by atoms with E-state index in [1.165, 1.54) is 11.3 Å². The van der Waals surface area contributed by atoms with E-state index < -0.39 is 18.0 Å². The molecule has 0 bridgehead atoms. The van der Waals surface area contributed by atoms with Crippen LogP contribution in [0.2, 0.25) is 0 Å². The van der Waals surface area contributed by atoms with Crippen LogP contribution in [-0.2, 0) is 16.0 Å². The number of esters is 1. The maximum atomic E-state index is 13.1. The summed E-state index contributed by atoms with van der Waals surface area (Å²) >= 11 is 1.40. The molecule has 0 fully saturated rings. The zero-order valence-electron chi connectivity index (χ0n) is 17.3. The van der Waals surface area contributed by atoms with Gasteiger partial charge >= 0.3 is 5.97 Å². The number of ether oxygens (including phenoxy) is 2. The molecule has 2 aromatic carbocycles. The van der Waals surface area contributed by atoms with Gasteiger partial charge in [0.15, 0.2) is 0 Å². The Morgan fingerprint density at radius 1 is 1.03 bits per heavy atom. The first-order valence-corrected chi connectivity index (χ1v) is 10.7. The fraction of sp³-hybridized carbons (Fsp3) is 0.250. The van der Waals surface area contributed by atoms with Gasteiger partial charge in [-0.1, -0.05) is 49.4 Å². The number of carbonyl (C=O) groups is 2. The van der Waals surface area contributed by atoms with Crippen LogP contribution in [-0.4, -0.2) is 18.5 Å². The Kier molecular flexibility index (Phi) is 7.25. The molecule has 1 amide bonds. The lowest BCUT2D eigenvalue weighted by Gasteiger charge is -2.19. The topological polar surface area (TPSA) is 64.6 Å². The van der Waals surface area contributed by atoms with Crippen LogP contribution in [0.25, 0.3) is 0 Å². The van der Waals surface area contributed by atoms with Gasteiger partial charge in [-0.2, -0.15) is 0 Å². The van der Waals surface area contributed by atoms with Gasteiger partial charge in [-0.25, -0.2) is 4.79 Å². The summed E-state index contributed by atoms with van der Waals surface area (Å²) in [4.78, 5) is 27.6. The number of rotatable bonds is 8. The predicted octanol–water partition coefficient (Wildman–Crippen LogP) is 5.55. The van der Waals surface area contributed by atoms with Gasteiger partial charge in [0.05, 0.1) is 12.3 Å². The van der Waals surface area contributed by atoms with Crippen molar-refractivity contribution in [1.29, 1.82) is 0 Å². The van der Waals surface area contributed by atoms with Crippen molar-refractivity contribution in [3.8, 4) is 5.75 Å². The summed E-state index contributed by atoms with van der Waals surface area (Å²) in [5, 5.41) is 2.84. The number of aryl methyl sites for hydroxylation is 2. The van der Waals surface area contributed by atoms with Crippen LogP contribution >= 0.6 is 11.3 Å². The van der Waals surface area contributed by atoms with Crippen LogP contribution < -0.4 is 10.1 Å². The standard InChI is InChI=1S/C24H25NO4S/c1-4-20-16(3)15-21(30-20)24(27)29-22(17-11-7-6-8-12-17)23(26)25-18-13-9-10-14-19(18)28-5-2/h6-15,22H,4-5H2,1-3H3,(H,25,26). The third kappa shape index (κ3) is 5.07. The maximum absolute atomic E-state index is 13.1. The van der Waals surface area contributed by atoms with Crippen LogP contribution in [0.15, 0.2) is 60.7 Å². The molecule has 30 heavy (non-hydrogen) atoms. The molecule has 1 aromatic heterocycles. The Balaban J connectivity index is 1.86. The van der Waals surface area contributed by atoms with Crippen molar-refractivity contribution >= 4 is 28.9 Å². The third-order valence-corrected chi connectivity index (χ3v) is 5.91. The van der Waals surface area contributed by atoms with Crippen LogP contribution in [0.1, 0.15) is 45.6 Å². The summed E-state index contributed by atoms with van der Waals surface area (Å²) in [6.07, 6.45) is -0.235. The molecule has 1 unspecified atom stereocenters. The van der Waals surface area contributed by atoms with Crippen molar-refractivity contribution in [2.24, 2.45) is 0 Å². The molecule has 3 rings (SSSR count). The fourth-order valence-corrected chi connectivity index (χ4v) is 4.08. The normalized spacial score (nSPS) is 11.6. The molecule has 0 radical (unpaired) electrons. The number of amides is 1. The van der Waals surface area contributed by atoms with Crippen LogP contribution in [0.4, 0.5) is 5.69 Å². The molecule has 0 aliphatic heterocycles. The number of hydrogen-bond acceptors (Lipinski definition) is 5. The van der Waals surface area contributed by atoms with Gasteiger partial charge < -0.3 is 14.8 Å². The number of anilines is 1. The SMILES string of the molecule is CCOc1ccccc1NC(=O)C(OC(=O)c1cc(C)c(CC)s1)c1ccccc1. The molecular weight excluding hydrogens is 398 g/mol. The highest BCUT2D eigenvalue weighted by molar-refractivity contribution is 7.14. The Morgan fingerprint density at radius 2 is 1.73 bits per heavy atom. The highest BCUT2D eigenvalue weighted by Gasteiger charge is 2.27. The summed E-state index contributed by atoms with van der Waals surface area (Å²) in [6.45, 7) is 6.37. The van der Waals surface area contributed by atoms with Crippen molar-refractivity contribution in [1.82, 2.24) is 0 Å². The highest BCUT2D eigenvalue weighted by Crippen LogP contribution is 2.29. The average molecular weight is 424 g/mol. The van der Waals surface area contributed by atoms with Crippen molar-refractivity contribution < 1.29 is 19.1 Å². The van der Waals surface area contributed by atoms with Crippen LogP contribution in [0.5, 0.6) is 5.75 Å². The second kappa shape index (κ2) is 10.1. The molecule has 0 saturated heterocycles. The summed E-state index contributed by atoms with van der Waals surface area (Å²) in [5.74, 6) is -0.386. The summed E-state index contributed by atoms with van der Waals surface area (Å²) in [5.41, 5.74) is 2.18. The monoisotopic (exact) mass is 423 g/mol. The summed E-state index contributed by atoms with van der Waals surface area (Å²) in [7, 11) is 0. The molecular formula is C24H25NO4S. The molecule has 1 N–H and O–H groups in total. The summed E-state index contributed by atoms with van der Waals surface area (Å²) in [6, 6.07) is 18.0. The average Bonchev–Trinajstić information content (AvgIpc) is 3.15. The molecule has 0 spiro atoms. The minimum Gasteiger partial charge on any atom is -0.492 e. The minimum absolute atomic E-state index is 0.439. The molecule has 6 heteroatoms. The maximum Gasteiger partial charge on any atom is 0.349 e. The smallest absolute Gasteiger partial charge is 0.349 e. The van der Waals surface area contributed by atoms with E-state index in [0.29, 0.717) is 28.5 Å². The Bertz CT molecular complexity index is 1010. The number of nitrogens with one attached hydrogen (secondary N) is 1.